The van der Waals surface area contributed by atoms with Crippen molar-refractivity contribution in [3.8, 4) is 0 Å². The van der Waals surface area contributed by atoms with Gasteiger partial charge in [0.2, 0.25) is 0 Å². The summed E-state index contributed by atoms with van der Waals surface area (Å²) in [5.74, 6) is 0. The Morgan fingerprint density at radius 3 is 3.19 bits per heavy atom. The van der Waals surface area contributed by atoms with Gasteiger partial charge in [0.15, 0.2) is 4.96 Å². The average Bonchev–Trinajstić information content (AvgIpc) is 2.85. The molecular formula is C12H15N3S. The first-order valence-electron chi connectivity index (χ1n) is 5.93. The van der Waals surface area contributed by atoms with Gasteiger partial charge in [-0.2, -0.15) is 0 Å². The molecule has 3 nitrogen and oxygen atoms in total. The highest BCUT2D eigenvalue weighted by molar-refractivity contribution is 7.15. The summed E-state index contributed by atoms with van der Waals surface area (Å²) in [6.07, 6.45) is 3.79. The second-order valence-corrected chi connectivity index (χ2v) is 5.89. The minimum atomic E-state index is 0.608. The molecule has 2 unspecified atom stereocenters. The third kappa shape index (κ3) is 0.949. The fourth-order valence-corrected chi connectivity index (χ4v) is 4.26. The lowest BCUT2D eigenvalue weighted by atomic mass is 10.0. The van der Waals surface area contributed by atoms with Crippen LogP contribution in [0.25, 0.3) is 4.96 Å². The van der Waals surface area contributed by atoms with Gasteiger partial charge in [0.1, 0.15) is 0 Å². The largest absolute Gasteiger partial charge is 0.294 e. The smallest absolute Gasteiger partial charge is 0.194 e. The zero-order valence-corrected chi connectivity index (χ0v) is 10.4. The summed E-state index contributed by atoms with van der Waals surface area (Å²) in [5, 5.41) is 2.21. The number of fused-ring (bicyclic) bond motifs is 6. The normalized spacial score (nSPS) is 28.9. The fraction of sp³-hybridized carbons (Fsp3) is 0.583. The van der Waals surface area contributed by atoms with Gasteiger partial charge in [-0.25, -0.2) is 4.98 Å². The zero-order chi connectivity index (χ0) is 10.9. The van der Waals surface area contributed by atoms with Crippen LogP contribution in [0.15, 0.2) is 5.38 Å². The van der Waals surface area contributed by atoms with Gasteiger partial charge in [-0.15, -0.1) is 11.3 Å². The molecule has 2 atom stereocenters. The Bertz CT molecular complexity index is 568. The lowest BCUT2D eigenvalue weighted by molar-refractivity contribution is 0.218. The van der Waals surface area contributed by atoms with Crippen LogP contribution in [0, 0.1) is 6.92 Å². The molecule has 16 heavy (non-hydrogen) atoms. The number of aromatic nitrogens is 2. The number of aryl methyl sites for hydroxylation is 1. The Morgan fingerprint density at radius 2 is 2.31 bits per heavy atom. The molecule has 2 bridgehead atoms. The van der Waals surface area contributed by atoms with E-state index >= 15 is 0 Å². The molecule has 0 radical (unpaired) electrons. The summed E-state index contributed by atoms with van der Waals surface area (Å²) in [5.41, 5.74) is 4.18. The topological polar surface area (TPSA) is 20.5 Å². The van der Waals surface area contributed by atoms with Gasteiger partial charge in [-0.3, -0.25) is 9.30 Å². The van der Waals surface area contributed by atoms with E-state index in [-0.39, 0.29) is 0 Å². The number of imidazole rings is 1. The van der Waals surface area contributed by atoms with Crippen LogP contribution in [0.5, 0.6) is 0 Å². The molecule has 2 aromatic rings. The maximum absolute atomic E-state index is 4.80. The fourth-order valence-electron chi connectivity index (χ4n) is 3.37. The van der Waals surface area contributed by atoms with Crippen molar-refractivity contribution < 1.29 is 0 Å². The third-order valence-electron chi connectivity index (χ3n) is 4.23. The van der Waals surface area contributed by atoms with Crippen LogP contribution >= 0.6 is 11.3 Å². The van der Waals surface area contributed by atoms with Crippen molar-refractivity contribution in [1.29, 1.82) is 0 Å². The van der Waals surface area contributed by atoms with Gasteiger partial charge >= 0.3 is 0 Å². The molecule has 4 rings (SSSR count). The maximum atomic E-state index is 4.80. The molecule has 2 aromatic heterocycles. The molecule has 84 valence electrons. The van der Waals surface area contributed by atoms with Crippen LogP contribution in [-0.4, -0.2) is 27.4 Å². The predicted molar refractivity (Wildman–Crippen MR) is 65.0 cm³/mol. The Labute approximate surface area is 98.7 Å². The summed E-state index contributed by atoms with van der Waals surface area (Å²) in [6, 6.07) is 1.35. The van der Waals surface area contributed by atoms with Crippen molar-refractivity contribution in [1.82, 2.24) is 14.3 Å². The molecule has 2 aliphatic rings. The Kier molecular flexibility index (Phi) is 1.65. The van der Waals surface area contributed by atoms with Crippen molar-refractivity contribution in [3.05, 3.63) is 22.5 Å². The first kappa shape index (κ1) is 9.19. The van der Waals surface area contributed by atoms with Gasteiger partial charge in [-0.1, -0.05) is 0 Å². The molecule has 2 aliphatic heterocycles. The summed E-state index contributed by atoms with van der Waals surface area (Å²) >= 11 is 1.77. The van der Waals surface area contributed by atoms with E-state index in [1.165, 1.54) is 34.9 Å². The molecule has 0 spiro atoms. The highest BCUT2D eigenvalue weighted by atomic mass is 32.1. The van der Waals surface area contributed by atoms with E-state index in [2.05, 4.69) is 28.7 Å². The maximum Gasteiger partial charge on any atom is 0.194 e. The van der Waals surface area contributed by atoms with Crippen molar-refractivity contribution in [2.75, 3.05) is 7.05 Å². The van der Waals surface area contributed by atoms with Crippen molar-refractivity contribution in [2.45, 2.75) is 38.3 Å². The Balaban J connectivity index is 2.04. The SMILES string of the molecule is Cc1csc2nc3c(n12)C1CCC(C3)N1C. The van der Waals surface area contributed by atoms with Gasteiger partial charge in [0.25, 0.3) is 0 Å². The van der Waals surface area contributed by atoms with E-state index in [1.54, 1.807) is 11.3 Å². The molecule has 0 amide bonds. The minimum Gasteiger partial charge on any atom is -0.294 e. The van der Waals surface area contributed by atoms with Crippen molar-refractivity contribution in [3.63, 3.8) is 0 Å². The van der Waals surface area contributed by atoms with Gasteiger partial charge in [0, 0.05) is 23.5 Å². The van der Waals surface area contributed by atoms with E-state index in [9.17, 15) is 0 Å². The molecule has 1 saturated heterocycles. The lowest BCUT2D eigenvalue weighted by Crippen LogP contribution is -2.34. The molecule has 0 N–H and O–H groups in total. The monoisotopic (exact) mass is 233 g/mol. The van der Waals surface area contributed by atoms with E-state index < -0.39 is 0 Å². The van der Waals surface area contributed by atoms with Gasteiger partial charge < -0.3 is 0 Å². The molecule has 0 saturated carbocycles. The molecule has 0 aromatic carbocycles. The first-order valence-corrected chi connectivity index (χ1v) is 6.81. The summed E-state index contributed by atoms with van der Waals surface area (Å²) in [4.78, 5) is 8.54. The van der Waals surface area contributed by atoms with Gasteiger partial charge in [-0.05, 0) is 26.8 Å². The number of hydrogen-bond donors (Lipinski definition) is 0. The molecule has 4 heteroatoms. The Morgan fingerprint density at radius 1 is 1.44 bits per heavy atom. The van der Waals surface area contributed by atoms with Crippen LogP contribution in [0.2, 0.25) is 0 Å². The van der Waals surface area contributed by atoms with Crippen molar-refractivity contribution >= 4 is 16.3 Å². The molecule has 4 heterocycles. The number of hydrogen-bond acceptors (Lipinski definition) is 3. The van der Waals surface area contributed by atoms with Crippen LogP contribution in [-0.2, 0) is 6.42 Å². The van der Waals surface area contributed by atoms with Crippen LogP contribution in [0.1, 0.15) is 36.0 Å². The number of likely N-dealkylation sites (N-methyl/N-ethyl adjacent to an activating group) is 1. The van der Waals surface area contributed by atoms with Crippen LogP contribution in [0.3, 0.4) is 0 Å². The van der Waals surface area contributed by atoms with E-state index in [0.29, 0.717) is 6.04 Å². The third-order valence-corrected chi connectivity index (χ3v) is 5.18. The zero-order valence-electron chi connectivity index (χ0n) is 9.60. The summed E-state index contributed by atoms with van der Waals surface area (Å²) in [6.45, 7) is 2.19. The number of thiazole rings is 1. The second kappa shape index (κ2) is 2.87. The van der Waals surface area contributed by atoms with E-state index in [1.807, 2.05) is 0 Å². The molecule has 1 fully saturated rings. The minimum absolute atomic E-state index is 0.608. The average molecular weight is 233 g/mol. The standard InChI is InChI=1S/C12H15N3S/c1-7-6-16-12-13-9-5-8-3-4-10(14(8)2)11(9)15(7)12/h6,8,10H,3-5H2,1-2H3. The molecular weight excluding hydrogens is 218 g/mol. The molecule has 0 aliphatic carbocycles. The first-order chi connectivity index (χ1) is 7.75. The Hall–Kier alpha value is -0.870. The van der Waals surface area contributed by atoms with Gasteiger partial charge in [0.05, 0.1) is 17.4 Å². The number of nitrogens with zero attached hydrogens (tertiary/aromatic N) is 3. The summed E-state index contributed by atoms with van der Waals surface area (Å²) < 4.78 is 2.38. The second-order valence-electron chi connectivity index (χ2n) is 5.06. The highest BCUT2D eigenvalue weighted by Gasteiger charge is 2.40. The quantitative estimate of drug-likeness (QED) is 0.696. The van der Waals surface area contributed by atoms with Crippen LogP contribution < -0.4 is 0 Å². The van der Waals surface area contributed by atoms with E-state index in [4.69, 9.17) is 4.98 Å². The lowest BCUT2D eigenvalue weighted by Gasteiger charge is -2.30. The van der Waals surface area contributed by atoms with E-state index in [0.717, 1.165) is 12.5 Å². The predicted octanol–water partition coefficient (Wildman–Crippen LogP) is 2.40. The van der Waals surface area contributed by atoms with Crippen LogP contribution in [0.4, 0.5) is 0 Å². The highest BCUT2D eigenvalue weighted by Crippen LogP contribution is 2.43. The summed E-state index contributed by atoms with van der Waals surface area (Å²) in [7, 11) is 2.27. The number of rotatable bonds is 0. The van der Waals surface area contributed by atoms with Crippen molar-refractivity contribution in [2.24, 2.45) is 0 Å².